The molecule has 7 nitrogen and oxygen atoms in total. The van der Waals surface area contributed by atoms with E-state index in [0.717, 1.165) is 22.5 Å². The molecule has 0 radical (unpaired) electrons. The molecule has 1 atom stereocenters. The molecule has 2 aromatic carbocycles. The Morgan fingerprint density at radius 2 is 1.96 bits per heavy atom. The second-order valence-corrected chi connectivity index (χ2v) is 6.76. The van der Waals surface area contributed by atoms with Gasteiger partial charge in [-0.1, -0.05) is 12.1 Å². The Morgan fingerprint density at radius 1 is 1.21 bits per heavy atom. The van der Waals surface area contributed by atoms with Gasteiger partial charge in [-0.25, -0.2) is 4.98 Å². The Morgan fingerprint density at radius 3 is 2.68 bits per heavy atom. The maximum atomic E-state index is 12.8. The number of ether oxygens (including phenoxy) is 1. The number of hydrogen-bond donors (Lipinski definition) is 1. The Labute approximate surface area is 162 Å². The van der Waals surface area contributed by atoms with E-state index in [-0.39, 0.29) is 18.2 Å². The summed E-state index contributed by atoms with van der Waals surface area (Å²) < 4.78 is 7.12. The van der Waals surface area contributed by atoms with E-state index in [1.165, 1.54) is 0 Å². The van der Waals surface area contributed by atoms with Gasteiger partial charge in [-0.2, -0.15) is 0 Å². The van der Waals surface area contributed by atoms with Gasteiger partial charge in [-0.3, -0.25) is 14.9 Å². The highest BCUT2D eigenvalue weighted by Gasteiger charge is 2.35. The highest BCUT2D eigenvalue weighted by atomic mass is 16.5. The summed E-state index contributed by atoms with van der Waals surface area (Å²) in [5.74, 6) is 0.579. The highest BCUT2D eigenvalue weighted by Crippen LogP contribution is 2.28. The van der Waals surface area contributed by atoms with E-state index in [0.29, 0.717) is 19.0 Å². The van der Waals surface area contributed by atoms with E-state index in [2.05, 4.69) is 10.3 Å². The Balaban J connectivity index is 1.51. The molecule has 3 aromatic rings. The first-order valence-electron chi connectivity index (χ1n) is 9.31. The molecular weight excluding hydrogens is 356 g/mol. The van der Waals surface area contributed by atoms with Gasteiger partial charge in [-0.15, -0.1) is 0 Å². The number of hydrogen-bond acceptors (Lipinski definition) is 4. The first-order valence-corrected chi connectivity index (χ1v) is 9.31. The Bertz CT molecular complexity index is 1030. The maximum absolute atomic E-state index is 12.8. The number of nitrogens with one attached hydrogen (secondary N) is 1. The molecule has 7 heteroatoms. The number of carbonyl (C=O) groups is 2. The van der Waals surface area contributed by atoms with Crippen molar-refractivity contribution < 1.29 is 14.3 Å². The number of imidazole rings is 1. The Hall–Kier alpha value is -3.35. The van der Waals surface area contributed by atoms with Crippen LogP contribution in [0.5, 0.6) is 5.75 Å². The normalized spacial score (nSPS) is 16.6. The fraction of sp³-hybridized carbons (Fsp3) is 0.286. The Kier molecular flexibility index (Phi) is 4.73. The van der Waals surface area contributed by atoms with Crippen molar-refractivity contribution in [1.82, 2.24) is 9.55 Å². The monoisotopic (exact) mass is 378 g/mol. The standard InChI is InChI=1S/C21H22N4O3/c1-3-24-18-7-5-4-6-17(18)22-21(24)23-20(27)14-12-19(26)25(13-14)15-8-10-16(28-2)11-9-15/h4-11,14H,3,12-13H2,1-2H3,(H,22,23,27)/t14-/m0/s1. The molecule has 0 aliphatic carbocycles. The van der Waals surface area contributed by atoms with Crippen LogP contribution >= 0.6 is 0 Å². The van der Waals surface area contributed by atoms with Crippen molar-refractivity contribution in [2.75, 3.05) is 23.9 Å². The number of para-hydroxylation sites is 2. The van der Waals surface area contributed by atoms with Crippen molar-refractivity contribution in [3.63, 3.8) is 0 Å². The van der Waals surface area contributed by atoms with Crippen LogP contribution in [0.1, 0.15) is 13.3 Å². The number of carbonyl (C=O) groups excluding carboxylic acids is 2. The average Bonchev–Trinajstić information content (AvgIpc) is 3.28. The number of aromatic nitrogens is 2. The van der Waals surface area contributed by atoms with Crippen LogP contribution in [0.2, 0.25) is 0 Å². The zero-order valence-corrected chi connectivity index (χ0v) is 15.9. The molecule has 1 N–H and O–H groups in total. The van der Waals surface area contributed by atoms with Crippen molar-refractivity contribution in [1.29, 1.82) is 0 Å². The predicted octanol–water partition coefficient (Wildman–Crippen LogP) is 3.06. The smallest absolute Gasteiger partial charge is 0.232 e. The second-order valence-electron chi connectivity index (χ2n) is 6.76. The van der Waals surface area contributed by atoms with Crippen molar-refractivity contribution in [3.8, 4) is 5.75 Å². The summed E-state index contributed by atoms with van der Waals surface area (Å²) in [4.78, 5) is 31.4. The molecular formula is C21H22N4O3. The van der Waals surface area contributed by atoms with Crippen LogP contribution in [0, 0.1) is 5.92 Å². The van der Waals surface area contributed by atoms with Crippen LogP contribution in [0.4, 0.5) is 11.6 Å². The van der Waals surface area contributed by atoms with E-state index >= 15 is 0 Å². The zero-order valence-electron chi connectivity index (χ0n) is 15.9. The minimum atomic E-state index is -0.417. The van der Waals surface area contributed by atoms with Crippen molar-refractivity contribution in [2.24, 2.45) is 5.92 Å². The summed E-state index contributed by atoms with van der Waals surface area (Å²) in [6, 6.07) is 15.0. The molecule has 1 aromatic heterocycles. The lowest BCUT2D eigenvalue weighted by Gasteiger charge is -2.17. The van der Waals surface area contributed by atoms with E-state index in [9.17, 15) is 9.59 Å². The number of rotatable bonds is 5. The summed E-state index contributed by atoms with van der Waals surface area (Å²) >= 11 is 0. The lowest BCUT2D eigenvalue weighted by molar-refractivity contribution is -0.122. The molecule has 0 spiro atoms. The average molecular weight is 378 g/mol. The molecule has 1 aliphatic heterocycles. The van der Waals surface area contributed by atoms with E-state index in [1.807, 2.05) is 47.9 Å². The van der Waals surface area contributed by atoms with Crippen molar-refractivity contribution >= 4 is 34.5 Å². The van der Waals surface area contributed by atoms with Gasteiger partial charge in [-0.05, 0) is 43.3 Å². The second kappa shape index (κ2) is 7.34. The summed E-state index contributed by atoms with van der Waals surface area (Å²) in [5.41, 5.74) is 2.58. The number of methoxy groups -OCH3 is 1. The first-order chi connectivity index (χ1) is 13.6. The SMILES string of the molecule is CCn1c(NC(=O)[C@H]2CC(=O)N(c3ccc(OC)cc3)C2)nc2ccccc21. The van der Waals surface area contributed by atoms with Gasteiger partial charge in [0.15, 0.2) is 0 Å². The van der Waals surface area contributed by atoms with Crippen LogP contribution in [-0.2, 0) is 16.1 Å². The van der Waals surface area contributed by atoms with Gasteiger partial charge in [0, 0.05) is 25.2 Å². The van der Waals surface area contributed by atoms with Crippen LogP contribution in [-0.4, -0.2) is 35.0 Å². The van der Waals surface area contributed by atoms with Gasteiger partial charge in [0.25, 0.3) is 0 Å². The molecule has 2 heterocycles. The number of aryl methyl sites for hydroxylation is 1. The summed E-state index contributed by atoms with van der Waals surface area (Å²) in [6.07, 6.45) is 0.185. The largest absolute Gasteiger partial charge is 0.497 e. The van der Waals surface area contributed by atoms with E-state index in [4.69, 9.17) is 4.74 Å². The third kappa shape index (κ3) is 3.19. The fourth-order valence-electron chi connectivity index (χ4n) is 3.60. The number of benzene rings is 2. The third-order valence-corrected chi connectivity index (χ3v) is 5.09. The number of fused-ring (bicyclic) bond motifs is 1. The van der Waals surface area contributed by atoms with Crippen molar-refractivity contribution in [2.45, 2.75) is 19.9 Å². The van der Waals surface area contributed by atoms with Crippen LogP contribution in [0.15, 0.2) is 48.5 Å². The lowest BCUT2D eigenvalue weighted by Crippen LogP contribution is -2.28. The number of amides is 2. The number of anilines is 2. The molecule has 1 saturated heterocycles. The maximum Gasteiger partial charge on any atom is 0.232 e. The first kappa shape index (κ1) is 18.0. The van der Waals surface area contributed by atoms with Gasteiger partial charge < -0.3 is 14.2 Å². The zero-order chi connectivity index (χ0) is 19.7. The summed E-state index contributed by atoms with van der Waals surface area (Å²) in [6.45, 7) is 3.05. The van der Waals surface area contributed by atoms with Gasteiger partial charge in [0.05, 0.1) is 24.1 Å². The van der Waals surface area contributed by atoms with Gasteiger partial charge in [0.2, 0.25) is 17.8 Å². The molecule has 28 heavy (non-hydrogen) atoms. The molecule has 2 amide bonds. The fourth-order valence-corrected chi connectivity index (χ4v) is 3.60. The summed E-state index contributed by atoms with van der Waals surface area (Å²) in [5, 5.41) is 2.92. The lowest BCUT2D eigenvalue weighted by atomic mass is 10.1. The van der Waals surface area contributed by atoms with E-state index < -0.39 is 5.92 Å². The predicted molar refractivity (Wildman–Crippen MR) is 107 cm³/mol. The minimum absolute atomic E-state index is 0.0608. The molecule has 1 fully saturated rings. The van der Waals surface area contributed by atoms with Gasteiger partial charge >= 0.3 is 0 Å². The van der Waals surface area contributed by atoms with Crippen LogP contribution in [0.25, 0.3) is 11.0 Å². The molecule has 4 rings (SSSR count). The van der Waals surface area contributed by atoms with E-state index in [1.54, 1.807) is 24.1 Å². The molecule has 144 valence electrons. The topological polar surface area (TPSA) is 76.5 Å². The third-order valence-electron chi connectivity index (χ3n) is 5.09. The van der Waals surface area contributed by atoms with Gasteiger partial charge in [0.1, 0.15) is 5.75 Å². The highest BCUT2D eigenvalue weighted by molar-refractivity contribution is 6.03. The molecule has 0 unspecified atom stereocenters. The molecule has 0 saturated carbocycles. The summed E-state index contributed by atoms with van der Waals surface area (Å²) in [7, 11) is 1.60. The van der Waals surface area contributed by atoms with Crippen LogP contribution in [0.3, 0.4) is 0 Å². The van der Waals surface area contributed by atoms with Crippen LogP contribution < -0.4 is 15.0 Å². The number of nitrogens with zero attached hydrogens (tertiary/aromatic N) is 3. The quantitative estimate of drug-likeness (QED) is 0.740. The molecule has 0 bridgehead atoms. The minimum Gasteiger partial charge on any atom is -0.497 e. The van der Waals surface area contributed by atoms with Crippen molar-refractivity contribution in [3.05, 3.63) is 48.5 Å². The molecule has 1 aliphatic rings.